The van der Waals surface area contributed by atoms with Crippen LogP contribution in [0.15, 0.2) is 42.5 Å². The van der Waals surface area contributed by atoms with E-state index in [1.807, 2.05) is 31.2 Å². The molecule has 0 aliphatic rings. The predicted octanol–water partition coefficient (Wildman–Crippen LogP) is 4.69. The molecule has 0 aromatic heterocycles. The predicted molar refractivity (Wildman–Crippen MR) is 84.1 cm³/mol. The molecule has 108 valence electrons. The minimum atomic E-state index is -0.252. The zero-order valence-corrected chi connectivity index (χ0v) is 12.6. The molecule has 0 heterocycles. The number of hydrogen-bond acceptors (Lipinski definition) is 1. The summed E-state index contributed by atoms with van der Waals surface area (Å²) >= 11 is 5.59. The van der Waals surface area contributed by atoms with E-state index >= 15 is 0 Å². The smallest absolute Gasteiger partial charge is 0.123 e. The number of ether oxygens (including phenoxy) is 1. The van der Waals surface area contributed by atoms with Gasteiger partial charge in [0.15, 0.2) is 0 Å². The van der Waals surface area contributed by atoms with E-state index in [2.05, 4.69) is 11.8 Å². The van der Waals surface area contributed by atoms with Gasteiger partial charge in [-0.1, -0.05) is 24.0 Å². The van der Waals surface area contributed by atoms with Crippen LogP contribution in [0.5, 0.6) is 5.75 Å². The monoisotopic (exact) mass is 302 g/mol. The molecule has 1 nitrogen and oxygen atoms in total. The molecule has 0 amide bonds. The molecule has 0 atom stereocenters. The van der Waals surface area contributed by atoms with Crippen molar-refractivity contribution >= 4 is 11.6 Å². The second kappa shape index (κ2) is 7.71. The van der Waals surface area contributed by atoms with E-state index in [0.717, 1.165) is 22.4 Å². The number of benzene rings is 2. The number of rotatable bonds is 4. The molecule has 0 saturated heterocycles. The third-order valence-electron chi connectivity index (χ3n) is 2.91. The molecule has 2 aromatic carbocycles. The van der Waals surface area contributed by atoms with Crippen LogP contribution in [0, 0.1) is 24.6 Å². The molecule has 0 bridgehead atoms. The normalized spacial score (nSPS) is 9.86. The van der Waals surface area contributed by atoms with Gasteiger partial charge >= 0.3 is 0 Å². The van der Waals surface area contributed by atoms with Crippen LogP contribution >= 0.6 is 11.6 Å². The van der Waals surface area contributed by atoms with E-state index in [1.54, 1.807) is 6.07 Å². The molecule has 0 unspecified atom stereocenters. The fraction of sp³-hybridized carbons (Fsp3) is 0.222. The highest BCUT2D eigenvalue weighted by atomic mass is 35.5. The lowest BCUT2D eigenvalue weighted by Crippen LogP contribution is -1.97. The van der Waals surface area contributed by atoms with Gasteiger partial charge < -0.3 is 4.74 Å². The van der Waals surface area contributed by atoms with Gasteiger partial charge in [0.25, 0.3) is 0 Å². The lowest BCUT2D eigenvalue weighted by Gasteiger charge is -2.09. The van der Waals surface area contributed by atoms with Crippen LogP contribution in [-0.2, 0) is 6.61 Å². The standard InChI is InChI=1S/C18H16ClFO/c1-14-11-15(5-2-3-10-19)8-9-18(14)21-13-16-6-4-7-17(20)12-16/h4,6-9,11-12H,3,10,13H2,1H3. The van der Waals surface area contributed by atoms with Crippen LogP contribution < -0.4 is 4.74 Å². The Hall–Kier alpha value is -1.98. The molecule has 0 fully saturated rings. The molecule has 0 radical (unpaired) electrons. The number of halogens is 2. The Morgan fingerprint density at radius 1 is 1.19 bits per heavy atom. The summed E-state index contributed by atoms with van der Waals surface area (Å²) in [5.74, 6) is 7.12. The molecule has 0 saturated carbocycles. The summed E-state index contributed by atoms with van der Waals surface area (Å²) in [6.45, 7) is 2.31. The Bertz CT molecular complexity index is 670. The van der Waals surface area contributed by atoms with Crippen molar-refractivity contribution < 1.29 is 9.13 Å². The van der Waals surface area contributed by atoms with E-state index in [-0.39, 0.29) is 5.82 Å². The van der Waals surface area contributed by atoms with Crippen molar-refractivity contribution in [2.75, 3.05) is 5.88 Å². The van der Waals surface area contributed by atoms with Gasteiger partial charge in [-0.05, 0) is 48.4 Å². The molecule has 0 N–H and O–H groups in total. The lowest BCUT2D eigenvalue weighted by atomic mass is 10.1. The molecule has 0 aliphatic carbocycles. The van der Waals surface area contributed by atoms with Gasteiger partial charge in [0, 0.05) is 17.9 Å². The second-order valence-electron chi connectivity index (χ2n) is 4.64. The Labute approximate surface area is 129 Å². The van der Waals surface area contributed by atoms with Crippen molar-refractivity contribution in [3.8, 4) is 17.6 Å². The largest absolute Gasteiger partial charge is 0.489 e. The van der Waals surface area contributed by atoms with E-state index in [0.29, 0.717) is 18.9 Å². The summed E-state index contributed by atoms with van der Waals surface area (Å²) in [6, 6.07) is 12.2. The molecule has 21 heavy (non-hydrogen) atoms. The van der Waals surface area contributed by atoms with E-state index < -0.39 is 0 Å². The van der Waals surface area contributed by atoms with E-state index in [9.17, 15) is 4.39 Å². The maximum absolute atomic E-state index is 13.1. The summed E-state index contributed by atoms with van der Waals surface area (Å²) in [5, 5.41) is 0. The summed E-state index contributed by atoms with van der Waals surface area (Å²) in [6.07, 6.45) is 0.679. The zero-order chi connectivity index (χ0) is 15.1. The van der Waals surface area contributed by atoms with Crippen molar-refractivity contribution in [3.63, 3.8) is 0 Å². The SMILES string of the molecule is Cc1cc(C#CCCCl)ccc1OCc1cccc(F)c1. The van der Waals surface area contributed by atoms with Gasteiger partial charge in [-0.2, -0.15) is 0 Å². The number of aryl methyl sites for hydroxylation is 1. The maximum atomic E-state index is 13.1. The van der Waals surface area contributed by atoms with Crippen molar-refractivity contribution in [2.45, 2.75) is 20.0 Å². The average Bonchev–Trinajstić information content (AvgIpc) is 2.47. The van der Waals surface area contributed by atoms with Gasteiger partial charge in [0.1, 0.15) is 18.2 Å². The fourth-order valence-corrected chi connectivity index (χ4v) is 1.98. The highest BCUT2D eigenvalue weighted by Gasteiger charge is 2.02. The average molecular weight is 303 g/mol. The third kappa shape index (κ3) is 4.81. The van der Waals surface area contributed by atoms with Crippen molar-refractivity contribution in [3.05, 3.63) is 65.0 Å². The molecule has 0 spiro atoms. The maximum Gasteiger partial charge on any atom is 0.123 e. The van der Waals surface area contributed by atoms with Crippen LogP contribution in [0.1, 0.15) is 23.1 Å². The van der Waals surface area contributed by atoms with Crippen LogP contribution in [0.3, 0.4) is 0 Å². The van der Waals surface area contributed by atoms with Crippen LogP contribution in [0.4, 0.5) is 4.39 Å². The van der Waals surface area contributed by atoms with Crippen LogP contribution in [-0.4, -0.2) is 5.88 Å². The van der Waals surface area contributed by atoms with Gasteiger partial charge in [0.2, 0.25) is 0 Å². The minimum Gasteiger partial charge on any atom is -0.489 e. The van der Waals surface area contributed by atoms with Gasteiger partial charge in [-0.25, -0.2) is 4.39 Å². The first kappa shape index (κ1) is 15.4. The molecular weight excluding hydrogens is 287 g/mol. The molecule has 0 aliphatic heterocycles. The number of hydrogen-bond donors (Lipinski definition) is 0. The summed E-state index contributed by atoms with van der Waals surface area (Å²) < 4.78 is 18.8. The molecule has 3 heteroatoms. The number of alkyl halides is 1. The van der Waals surface area contributed by atoms with Gasteiger partial charge in [-0.3, -0.25) is 0 Å². The van der Waals surface area contributed by atoms with Crippen LogP contribution in [0.25, 0.3) is 0 Å². The molecular formula is C18H16ClFO. The van der Waals surface area contributed by atoms with Crippen molar-refractivity contribution in [2.24, 2.45) is 0 Å². The first-order chi connectivity index (χ1) is 10.2. The summed E-state index contributed by atoms with van der Waals surface area (Å²) in [7, 11) is 0. The van der Waals surface area contributed by atoms with Crippen LogP contribution in [0.2, 0.25) is 0 Å². The van der Waals surface area contributed by atoms with Crippen molar-refractivity contribution in [1.82, 2.24) is 0 Å². The first-order valence-electron chi connectivity index (χ1n) is 6.72. The van der Waals surface area contributed by atoms with E-state index in [4.69, 9.17) is 16.3 Å². The highest BCUT2D eigenvalue weighted by Crippen LogP contribution is 2.20. The quantitative estimate of drug-likeness (QED) is 0.588. The zero-order valence-electron chi connectivity index (χ0n) is 11.8. The Kier molecular flexibility index (Phi) is 5.66. The second-order valence-corrected chi connectivity index (χ2v) is 5.02. The third-order valence-corrected chi connectivity index (χ3v) is 3.10. The molecule has 2 aromatic rings. The first-order valence-corrected chi connectivity index (χ1v) is 7.25. The molecule has 2 rings (SSSR count). The van der Waals surface area contributed by atoms with E-state index in [1.165, 1.54) is 12.1 Å². The summed E-state index contributed by atoms with van der Waals surface area (Å²) in [4.78, 5) is 0. The Balaban J connectivity index is 2.03. The van der Waals surface area contributed by atoms with Gasteiger partial charge in [0.05, 0.1) is 0 Å². The Morgan fingerprint density at radius 2 is 2.05 bits per heavy atom. The fourth-order valence-electron chi connectivity index (χ4n) is 1.89. The Morgan fingerprint density at radius 3 is 2.76 bits per heavy atom. The minimum absolute atomic E-state index is 0.252. The summed E-state index contributed by atoms with van der Waals surface area (Å²) in [5.41, 5.74) is 2.75. The van der Waals surface area contributed by atoms with Gasteiger partial charge in [-0.15, -0.1) is 11.6 Å². The topological polar surface area (TPSA) is 9.23 Å². The highest BCUT2D eigenvalue weighted by molar-refractivity contribution is 6.18. The lowest BCUT2D eigenvalue weighted by molar-refractivity contribution is 0.303. The van der Waals surface area contributed by atoms with Crippen molar-refractivity contribution in [1.29, 1.82) is 0 Å².